The van der Waals surface area contributed by atoms with Gasteiger partial charge in [-0.05, 0) is 31.4 Å². The monoisotopic (exact) mass is 311 g/mol. The summed E-state index contributed by atoms with van der Waals surface area (Å²) in [4.78, 5) is 20.6. The minimum Gasteiger partial charge on any atom is -0.358 e. The summed E-state index contributed by atoms with van der Waals surface area (Å²) in [7, 11) is 0. The van der Waals surface area contributed by atoms with Gasteiger partial charge in [-0.2, -0.15) is 0 Å². The number of carbonyl (C=O) groups is 1. The lowest BCUT2D eigenvalue weighted by Gasteiger charge is -2.33. The number of benzene rings is 1. The molecule has 4 rings (SSSR count). The molecule has 0 spiro atoms. The zero-order valence-electron chi connectivity index (χ0n) is 13.8. The summed E-state index contributed by atoms with van der Waals surface area (Å²) in [6, 6.07) is 8.41. The summed E-state index contributed by atoms with van der Waals surface area (Å²) in [5, 5.41) is 1.27. The molecule has 4 heteroatoms. The molecule has 1 unspecified atom stereocenters. The highest BCUT2D eigenvalue weighted by Crippen LogP contribution is 2.27. The van der Waals surface area contributed by atoms with Crippen LogP contribution < -0.4 is 0 Å². The Morgan fingerprint density at radius 2 is 2.17 bits per heavy atom. The highest BCUT2D eigenvalue weighted by Gasteiger charge is 2.26. The molecule has 0 aliphatic carbocycles. The number of likely N-dealkylation sites (tertiary alicyclic amines) is 1. The maximum absolute atomic E-state index is 12.7. The van der Waals surface area contributed by atoms with Crippen molar-refractivity contribution in [1.82, 2.24) is 14.8 Å². The Morgan fingerprint density at radius 3 is 3.04 bits per heavy atom. The van der Waals surface area contributed by atoms with Crippen molar-refractivity contribution < 1.29 is 4.79 Å². The van der Waals surface area contributed by atoms with Gasteiger partial charge in [0.15, 0.2) is 0 Å². The Hall–Kier alpha value is -1.81. The van der Waals surface area contributed by atoms with Crippen molar-refractivity contribution in [2.75, 3.05) is 26.2 Å². The number of hydrogen-bond acceptors (Lipinski definition) is 2. The molecule has 2 aliphatic rings. The molecule has 122 valence electrons. The maximum atomic E-state index is 12.7. The highest BCUT2D eigenvalue weighted by atomic mass is 16.2. The molecular formula is C19H25N3O. The standard InChI is InChI=1S/C19H25N3O/c1-14-5-4-9-21(11-14)13-19(23)22-10-8-18-16(12-22)15-6-2-3-7-17(15)20-18/h2-3,6-7,14,20H,4-5,8-13H2,1H3. The third-order valence-corrected chi connectivity index (χ3v) is 5.34. The summed E-state index contributed by atoms with van der Waals surface area (Å²) < 4.78 is 0. The molecule has 0 bridgehead atoms. The minimum absolute atomic E-state index is 0.287. The molecule has 4 nitrogen and oxygen atoms in total. The zero-order valence-corrected chi connectivity index (χ0v) is 13.8. The molecule has 1 amide bonds. The number of aromatic amines is 1. The number of hydrogen-bond donors (Lipinski definition) is 1. The van der Waals surface area contributed by atoms with Gasteiger partial charge in [-0.1, -0.05) is 25.1 Å². The Labute approximate surface area is 137 Å². The van der Waals surface area contributed by atoms with Crippen LogP contribution in [0.25, 0.3) is 10.9 Å². The SMILES string of the molecule is CC1CCCN(CC(=O)N2CCc3[nH]c4ccccc4c3C2)C1. The predicted molar refractivity (Wildman–Crippen MR) is 92.3 cm³/mol. The average molecular weight is 311 g/mol. The van der Waals surface area contributed by atoms with Gasteiger partial charge in [0, 0.05) is 48.2 Å². The number of nitrogens with one attached hydrogen (secondary N) is 1. The Balaban J connectivity index is 1.48. The largest absolute Gasteiger partial charge is 0.358 e. The summed E-state index contributed by atoms with van der Waals surface area (Å²) in [6.07, 6.45) is 3.46. The molecule has 1 fully saturated rings. The first-order valence-electron chi connectivity index (χ1n) is 8.79. The zero-order chi connectivity index (χ0) is 15.8. The van der Waals surface area contributed by atoms with Crippen LogP contribution in [0.5, 0.6) is 0 Å². The average Bonchev–Trinajstić information content (AvgIpc) is 2.92. The second kappa shape index (κ2) is 6.00. The molecule has 3 heterocycles. The molecule has 0 radical (unpaired) electrons. The van der Waals surface area contributed by atoms with E-state index in [1.807, 2.05) is 4.90 Å². The lowest BCUT2D eigenvalue weighted by molar-refractivity contribution is -0.133. The number of amides is 1. The van der Waals surface area contributed by atoms with E-state index < -0.39 is 0 Å². The predicted octanol–water partition coefficient (Wildman–Crippen LogP) is 2.78. The Morgan fingerprint density at radius 1 is 1.30 bits per heavy atom. The van der Waals surface area contributed by atoms with Gasteiger partial charge >= 0.3 is 0 Å². The van der Waals surface area contributed by atoms with E-state index in [0.29, 0.717) is 6.54 Å². The molecule has 1 N–H and O–H groups in total. The molecule has 2 aromatic rings. The molecule has 1 aromatic heterocycles. The van der Waals surface area contributed by atoms with Crippen LogP contribution in [0.15, 0.2) is 24.3 Å². The number of nitrogens with zero attached hydrogens (tertiary/aromatic N) is 2. The van der Waals surface area contributed by atoms with E-state index in [1.165, 1.54) is 35.0 Å². The lowest BCUT2D eigenvalue weighted by Crippen LogP contribution is -2.45. The quantitative estimate of drug-likeness (QED) is 0.926. The van der Waals surface area contributed by atoms with Crippen LogP contribution in [-0.4, -0.2) is 46.9 Å². The molecule has 0 saturated carbocycles. The fraction of sp³-hybridized carbons (Fsp3) is 0.526. The van der Waals surface area contributed by atoms with Crippen LogP contribution in [0.2, 0.25) is 0 Å². The second-order valence-corrected chi connectivity index (χ2v) is 7.18. The molecule has 1 aromatic carbocycles. The van der Waals surface area contributed by atoms with E-state index in [0.717, 1.165) is 38.5 Å². The number of fused-ring (bicyclic) bond motifs is 3. The van der Waals surface area contributed by atoms with Crippen molar-refractivity contribution in [3.8, 4) is 0 Å². The first-order valence-corrected chi connectivity index (χ1v) is 8.79. The van der Waals surface area contributed by atoms with E-state index in [-0.39, 0.29) is 5.91 Å². The number of H-pyrrole nitrogens is 1. The first-order chi connectivity index (χ1) is 11.2. The Kier molecular flexibility index (Phi) is 3.85. The van der Waals surface area contributed by atoms with Gasteiger partial charge in [-0.25, -0.2) is 0 Å². The van der Waals surface area contributed by atoms with Gasteiger partial charge in [-0.15, -0.1) is 0 Å². The normalized spacial score (nSPS) is 22.3. The second-order valence-electron chi connectivity index (χ2n) is 7.18. The summed E-state index contributed by atoms with van der Waals surface area (Å²) in [6.45, 7) is 6.60. The highest BCUT2D eigenvalue weighted by molar-refractivity contribution is 5.86. The van der Waals surface area contributed by atoms with E-state index >= 15 is 0 Å². The minimum atomic E-state index is 0.287. The summed E-state index contributed by atoms with van der Waals surface area (Å²) in [5.74, 6) is 1.01. The third-order valence-electron chi connectivity index (χ3n) is 5.34. The van der Waals surface area contributed by atoms with E-state index in [1.54, 1.807) is 0 Å². The van der Waals surface area contributed by atoms with Crippen LogP contribution >= 0.6 is 0 Å². The third kappa shape index (κ3) is 2.88. The van der Waals surface area contributed by atoms with Gasteiger partial charge in [0.25, 0.3) is 0 Å². The van der Waals surface area contributed by atoms with Crippen LogP contribution in [0, 0.1) is 5.92 Å². The van der Waals surface area contributed by atoms with Crippen LogP contribution in [0.1, 0.15) is 31.0 Å². The molecule has 23 heavy (non-hydrogen) atoms. The fourth-order valence-electron chi connectivity index (χ4n) is 4.10. The smallest absolute Gasteiger partial charge is 0.237 e. The van der Waals surface area contributed by atoms with E-state index in [4.69, 9.17) is 0 Å². The van der Waals surface area contributed by atoms with Gasteiger partial charge < -0.3 is 9.88 Å². The number of piperidine rings is 1. The van der Waals surface area contributed by atoms with Crippen molar-refractivity contribution in [2.24, 2.45) is 5.92 Å². The van der Waals surface area contributed by atoms with Gasteiger partial charge in [0.1, 0.15) is 0 Å². The van der Waals surface area contributed by atoms with Crippen LogP contribution in [0.3, 0.4) is 0 Å². The van der Waals surface area contributed by atoms with Crippen LogP contribution in [-0.2, 0) is 17.8 Å². The maximum Gasteiger partial charge on any atom is 0.237 e. The fourth-order valence-corrected chi connectivity index (χ4v) is 4.10. The first kappa shape index (κ1) is 14.8. The van der Waals surface area contributed by atoms with Gasteiger partial charge in [0.2, 0.25) is 5.91 Å². The van der Waals surface area contributed by atoms with Crippen LogP contribution in [0.4, 0.5) is 0 Å². The van der Waals surface area contributed by atoms with E-state index in [9.17, 15) is 4.79 Å². The molecule has 2 aliphatic heterocycles. The molecular weight excluding hydrogens is 286 g/mol. The number of para-hydroxylation sites is 1. The number of carbonyl (C=O) groups excluding carboxylic acids is 1. The topological polar surface area (TPSA) is 39.3 Å². The van der Waals surface area contributed by atoms with E-state index in [2.05, 4.69) is 41.1 Å². The van der Waals surface area contributed by atoms with Crippen molar-refractivity contribution in [3.05, 3.63) is 35.5 Å². The molecule has 1 atom stereocenters. The number of aromatic nitrogens is 1. The van der Waals surface area contributed by atoms with Crippen molar-refractivity contribution >= 4 is 16.8 Å². The van der Waals surface area contributed by atoms with Crippen molar-refractivity contribution in [3.63, 3.8) is 0 Å². The van der Waals surface area contributed by atoms with Crippen molar-refractivity contribution in [1.29, 1.82) is 0 Å². The molecule has 1 saturated heterocycles. The lowest BCUT2D eigenvalue weighted by atomic mass is 10.0. The van der Waals surface area contributed by atoms with Gasteiger partial charge in [0.05, 0.1) is 6.54 Å². The van der Waals surface area contributed by atoms with Gasteiger partial charge in [-0.3, -0.25) is 9.69 Å². The van der Waals surface area contributed by atoms with Crippen molar-refractivity contribution in [2.45, 2.75) is 32.7 Å². The summed E-state index contributed by atoms with van der Waals surface area (Å²) in [5.41, 5.74) is 3.81. The Bertz CT molecular complexity index is 720. The number of rotatable bonds is 2. The summed E-state index contributed by atoms with van der Waals surface area (Å²) >= 11 is 0.